The van der Waals surface area contributed by atoms with Gasteiger partial charge in [-0.25, -0.2) is 0 Å². The van der Waals surface area contributed by atoms with Crippen LogP contribution in [0.15, 0.2) is 36.0 Å². The van der Waals surface area contributed by atoms with Crippen LogP contribution in [0, 0.1) is 0 Å². The van der Waals surface area contributed by atoms with Crippen LogP contribution in [-0.2, 0) is 4.79 Å². The molecule has 0 unspecified atom stereocenters. The van der Waals surface area contributed by atoms with Gasteiger partial charge in [-0.2, -0.15) is 0 Å². The van der Waals surface area contributed by atoms with Crippen molar-refractivity contribution in [3.8, 4) is 0 Å². The van der Waals surface area contributed by atoms with E-state index in [-0.39, 0.29) is 5.78 Å². The number of carbonyl (C=O) groups excluding carboxylic acids is 1. The first-order chi connectivity index (χ1) is 7.25. The summed E-state index contributed by atoms with van der Waals surface area (Å²) in [6.45, 7) is 0. The fraction of sp³-hybridized carbons (Fsp3) is 0.250. The Kier molecular flexibility index (Phi) is 3.07. The van der Waals surface area contributed by atoms with Crippen LogP contribution in [0.25, 0.3) is 0 Å². The standard InChI is InChI=1S/C12H12ClNO/c13-10-4-6-11(7-5-10)14-8-9-2-1-3-12(9)15/h4-8,14H,1-3H2. The van der Waals surface area contributed by atoms with E-state index in [2.05, 4.69) is 5.32 Å². The van der Waals surface area contributed by atoms with E-state index in [0.29, 0.717) is 11.4 Å². The lowest BCUT2D eigenvalue weighted by Gasteiger charge is -2.01. The lowest BCUT2D eigenvalue weighted by molar-refractivity contribution is -0.114. The molecule has 1 fully saturated rings. The highest BCUT2D eigenvalue weighted by atomic mass is 35.5. The summed E-state index contributed by atoms with van der Waals surface area (Å²) in [5.74, 6) is 0.261. The number of allylic oxidation sites excluding steroid dienone is 1. The Balaban J connectivity index is 2.03. The Labute approximate surface area is 93.9 Å². The number of anilines is 1. The van der Waals surface area contributed by atoms with Crippen LogP contribution in [-0.4, -0.2) is 5.78 Å². The fourth-order valence-corrected chi connectivity index (χ4v) is 1.73. The van der Waals surface area contributed by atoms with Gasteiger partial charge in [-0.05, 0) is 37.1 Å². The maximum Gasteiger partial charge on any atom is 0.160 e. The van der Waals surface area contributed by atoms with E-state index in [1.807, 2.05) is 24.3 Å². The molecule has 15 heavy (non-hydrogen) atoms. The number of ketones is 1. The van der Waals surface area contributed by atoms with Crippen LogP contribution >= 0.6 is 11.6 Å². The van der Waals surface area contributed by atoms with Gasteiger partial charge in [0.15, 0.2) is 5.78 Å². The first-order valence-corrected chi connectivity index (χ1v) is 5.38. The number of Topliss-reactive ketones (excluding diaryl/α,β-unsaturated/α-hetero) is 1. The van der Waals surface area contributed by atoms with Gasteiger partial charge in [0, 0.05) is 28.9 Å². The van der Waals surface area contributed by atoms with E-state index in [9.17, 15) is 4.79 Å². The summed E-state index contributed by atoms with van der Waals surface area (Å²) in [7, 11) is 0. The van der Waals surface area contributed by atoms with Crippen molar-refractivity contribution in [3.63, 3.8) is 0 Å². The highest BCUT2D eigenvalue weighted by molar-refractivity contribution is 6.30. The molecule has 0 saturated heterocycles. The molecule has 0 aromatic heterocycles. The zero-order chi connectivity index (χ0) is 10.7. The van der Waals surface area contributed by atoms with E-state index < -0.39 is 0 Å². The molecule has 0 aliphatic heterocycles. The molecule has 1 aromatic carbocycles. The van der Waals surface area contributed by atoms with Crippen molar-refractivity contribution >= 4 is 23.1 Å². The van der Waals surface area contributed by atoms with Gasteiger partial charge in [0.2, 0.25) is 0 Å². The van der Waals surface area contributed by atoms with Gasteiger partial charge in [-0.1, -0.05) is 11.6 Å². The van der Waals surface area contributed by atoms with Gasteiger partial charge in [0.25, 0.3) is 0 Å². The third-order valence-corrected chi connectivity index (χ3v) is 2.72. The molecule has 0 amide bonds. The summed E-state index contributed by atoms with van der Waals surface area (Å²) < 4.78 is 0. The van der Waals surface area contributed by atoms with Crippen LogP contribution in [0.2, 0.25) is 5.02 Å². The molecule has 3 heteroatoms. The predicted octanol–water partition coefficient (Wildman–Crippen LogP) is 3.39. The molecule has 1 N–H and O–H groups in total. The minimum absolute atomic E-state index is 0.261. The molecule has 0 atom stereocenters. The minimum Gasteiger partial charge on any atom is -0.361 e. The Morgan fingerprint density at radius 1 is 1.20 bits per heavy atom. The third-order valence-electron chi connectivity index (χ3n) is 2.47. The van der Waals surface area contributed by atoms with Crippen LogP contribution in [0.4, 0.5) is 5.69 Å². The van der Waals surface area contributed by atoms with E-state index in [4.69, 9.17) is 11.6 Å². The van der Waals surface area contributed by atoms with E-state index in [0.717, 1.165) is 24.1 Å². The minimum atomic E-state index is 0.261. The SMILES string of the molecule is O=C1CCCC1=CNc1ccc(Cl)cc1. The summed E-state index contributed by atoms with van der Waals surface area (Å²) in [4.78, 5) is 11.3. The second-order valence-corrected chi connectivity index (χ2v) is 4.03. The van der Waals surface area contributed by atoms with Crippen LogP contribution in [0.3, 0.4) is 0 Å². The molecular formula is C12H12ClNO. The first kappa shape index (κ1) is 10.2. The molecular weight excluding hydrogens is 210 g/mol. The smallest absolute Gasteiger partial charge is 0.160 e. The fourth-order valence-electron chi connectivity index (χ4n) is 1.61. The number of hydrogen-bond donors (Lipinski definition) is 1. The Morgan fingerprint density at radius 3 is 2.53 bits per heavy atom. The summed E-state index contributed by atoms with van der Waals surface area (Å²) >= 11 is 5.76. The maximum atomic E-state index is 11.3. The van der Waals surface area contributed by atoms with Crippen molar-refractivity contribution in [2.24, 2.45) is 0 Å². The number of hydrogen-bond acceptors (Lipinski definition) is 2. The zero-order valence-electron chi connectivity index (χ0n) is 8.29. The van der Waals surface area contributed by atoms with Gasteiger partial charge < -0.3 is 5.32 Å². The van der Waals surface area contributed by atoms with Crippen molar-refractivity contribution in [2.75, 3.05) is 5.32 Å². The van der Waals surface area contributed by atoms with E-state index in [1.54, 1.807) is 6.20 Å². The van der Waals surface area contributed by atoms with Crippen molar-refractivity contribution in [1.82, 2.24) is 0 Å². The van der Waals surface area contributed by atoms with Gasteiger partial charge in [0.05, 0.1) is 0 Å². The topological polar surface area (TPSA) is 29.1 Å². The Hall–Kier alpha value is -1.28. The molecule has 1 aromatic rings. The van der Waals surface area contributed by atoms with Gasteiger partial charge >= 0.3 is 0 Å². The number of nitrogens with one attached hydrogen (secondary N) is 1. The molecule has 1 aliphatic carbocycles. The molecule has 0 spiro atoms. The molecule has 0 bridgehead atoms. The van der Waals surface area contributed by atoms with Crippen molar-refractivity contribution < 1.29 is 4.79 Å². The normalized spacial score (nSPS) is 18.5. The van der Waals surface area contributed by atoms with Crippen molar-refractivity contribution in [2.45, 2.75) is 19.3 Å². The molecule has 2 rings (SSSR count). The quantitative estimate of drug-likeness (QED) is 0.776. The second-order valence-electron chi connectivity index (χ2n) is 3.60. The van der Waals surface area contributed by atoms with Crippen molar-refractivity contribution in [3.05, 3.63) is 41.1 Å². The molecule has 2 nitrogen and oxygen atoms in total. The van der Waals surface area contributed by atoms with Gasteiger partial charge in [0.1, 0.15) is 0 Å². The summed E-state index contributed by atoms with van der Waals surface area (Å²) in [6, 6.07) is 7.41. The van der Waals surface area contributed by atoms with Crippen molar-refractivity contribution in [1.29, 1.82) is 0 Å². The molecule has 78 valence electrons. The van der Waals surface area contributed by atoms with Crippen LogP contribution in [0.1, 0.15) is 19.3 Å². The van der Waals surface area contributed by atoms with E-state index >= 15 is 0 Å². The molecule has 1 aliphatic rings. The Bertz CT molecular complexity index is 395. The van der Waals surface area contributed by atoms with Crippen LogP contribution < -0.4 is 5.32 Å². The number of rotatable bonds is 2. The highest BCUT2D eigenvalue weighted by Gasteiger charge is 2.16. The van der Waals surface area contributed by atoms with E-state index in [1.165, 1.54) is 0 Å². The summed E-state index contributed by atoms with van der Waals surface area (Å²) in [6.07, 6.45) is 4.36. The summed E-state index contributed by atoms with van der Waals surface area (Å²) in [5, 5.41) is 3.82. The van der Waals surface area contributed by atoms with Gasteiger partial charge in [-0.3, -0.25) is 4.79 Å². The highest BCUT2D eigenvalue weighted by Crippen LogP contribution is 2.21. The molecule has 1 saturated carbocycles. The lowest BCUT2D eigenvalue weighted by Crippen LogP contribution is -1.96. The monoisotopic (exact) mass is 221 g/mol. The maximum absolute atomic E-state index is 11.3. The zero-order valence-corrected chi connectivity index (χ0v) is 9.05. The largest absolute Gasteiger partial charge is 0.361 e. The average molecular weight is 222 g/mol. The number of halogens is 1. The predicted molar refractivity (Wildman–Crippen MR) is 62.0 cm³/mol. The lowest BCUT2D eigenvalue weighted by atomic mass is 10.2. The van der Waals surface area contributed by atoms with Gasteiger partial charge in [-0.15, -0.1) is 0 Å². The first-order valence-electron chi connectivity index (χ1n) is 5.00. The number of benzene rings is 1. The average Bonchev–Trinajstić information content (AvgIpc) is 2.63. The molecule has 0 radical (unpaired) electrons. The second kappa shape index (κ2) is 4.49. The third kappa shape index (κ3) is 2.60. The number of carbonyl (C=O) groups is 1. The summed E-state index contributed by atoms with van der Waals surface area (Å²) in [5.41, 5.74) is 1.84. The Morgan fingerprint density at radius 2 is 1.93 bits per heavy atom. The molecule has 0 heterocycles. The van der Waals surface area contributed by atoms with Crippen LogP contribution in [0.5, 0.6) is 0 Å².